The Morgan fingerprint density at radius 1 is 1.07 bits per heavy atom. The van der Waals surface area contributed by atoms with Gasteiger partial charge in [-0.3, -0.25) is 10.1 Å². The highest BCUT2D eigenvalue weighted by Crippen LogP contribution is 2.18. The molecule has 0 aliphatic rings. The van der Waals surface area contributed by atoms with Gasteiger partial charge >= 0.3 is 0 Å². The van der Waals surface area contributed by atoms with Crippen LogP contribution in [0.2, 0.25) is 0 Å². The molecule has 1 heterocycles. The monoisotopic (exact) mass is 200 g/mol. The first kappa shape index (κ1) is 9.33. The molecule has 0 bridgehead atoms. The molecule has 4 heteroatoms. The Balaban J connectivity index is 2.36. The summed E-state index contributed by atoms with van der Waals surface area (Å²) in [5.74, 6) is 0. The number of nitrogens with zero attached hydrogens (tertiary/aromatic N) is 2. The molecule has 1 aromatic heterocycles. The molecule has 2 rings (SSSR count). The highest BCUT2D eigenvalue weighted by Gasteiger charge is 2.05. The van der Waals surface area contributed by atoms with Crippen molar-refractivity contribution >= 4 is 5.69 Å². The second-order valence-electron chi connectivity index (χ2n) is 3.02. The summed E-state index contributed by atoms with van der Waals surface area (Å²) in [5, 5.41) is 10.4. The SMILES string of the molecule is O=[N+]([O-])c1ccc(-c2ccccc2)nc1. The number of nitro groups is 1. The van der Waals surface area contributed by atoms with E-state index >= 15 is 0 Å². The minimum Gasteiger partial charge on any atom is -0.258 e. The average Bonchev–Trinajstić information content (AvgIpc) is 2.30. The van der Waals surface area contributed by atoms with Crippen LogP contribution in [-0.2, 0) is 0 Å². The first-order valence-corrected chi connectivity index (χ1v) is 4.43. The van der Waals surface area contributed by atoms with Gasteiger partial charge in [0.15, 0.2) is 0 Å². The second kappa shape index (κ2) is 3.88. The van der Waals surface area contributed by atoms with Gasteiger partial charge < -0.3 is 0 Å². The average molecular weight is 200 g/mol. The van der Waals surface area contributed by atoms with Gasteiger partial charge in [0.1, 0.15) is 6.20 Å². The van der Waals surface area contributed by atoms with Gasteiger partial charge in [0, 0.05) is 11.6 Å². The van der Waals surface area contributed by atoms with Gasteiger partial charge in [-0.25, -0.2) is 4.98 Å². The first-order chi connectivity index (χ1) is 7.27. The minimum absolute atomic E-state index is 0.00896. The third kappa shape index (κ3) is 1.99. The number of hydrogen-bond donors (Lipinski definition) is 0. The van der Waals surface area contributed by atoms with Crippen LogP contribution < -0.4 is 0 Å². The summed E-state index contributed by atoms with van der Waals surface area (Å²) < 4.78 is 0. The number of benzene rings is 1. The molecule has 0 atom stereocenters. The van der Waals surface area contributed by atoms with Crippen LogP contribution in [0.1, 0.15) is 0 Å². The zero-order valence-electron chi connectivity index (χ0n) is 7.83. The molecule has 0 saturated heterocycles. The molecule has 0 aliphatic heterocycles. The predicted molar refractivity (Wildman–Crippen MR) is 56.3 cm³/mol. The first-order valence-electron chi connectivity index (χ1n) is 4.43. The Hall–Kier alpha value is -2.23. The Kier molecular flexibility index (Phi) is 2.41. The van der Waals surface area contributed by atoms with Crippen LogP contribution in [0.4, 0.5) is 5.69 Å². The lowest BCUT2D eigenvalue weighted by molar-refractivity contribution is -0.385. The molecular formula is C11H8N2O2. The van der Waals surface area contributed by atoms with Gasteiger partial charge in [-0.15, -0.1) is 0 Å². The van der Waals surface area contributed by atoms with Crippen molar-refractivity contribution in [1.29, 1.82) is 0 Å². The van der Waals surface area contributed by atoms with Crippen molar-refractivity contribution in [1.82, 2.24) is 4.98 Å². The molecule has 0 aliphatic carbocycles. The van der Waals surface area contributed by atoms with Crippen molar-refractivity contribution in [3.8, 4) is 11.3 Å². The molecule has 0 fully saturated rings. The smallest absolute Gasteiger partial charge is 0.258 e. The summed E-state index contributed by atoms with van der Waals surface area (Å²) in [6.45, 7) is 0. The van der Waals surface area contributed by atoms with E-state index in [1.165, 1.54) is 12.3 Å². The summed E-state index contributed by atoms with van der Waals surface area (Å²) in [4.78, 5) is 14.0. The van der Waals surface area contributed by atoms with Crippen LogP contribution in [0, 0.1) is 10.1 Å². The van der Waals surface area contributed by atoms with Crippen LogP contribution in [0.5, 0.6) is 0 Å². The van der Waals surface area contributed by atoms with E-state index in [0.29, 0.717) is 0 Å². The van der Waals surface area contributed by atoms with E-state index in [0.717, 1.165) is 11.3 Å². The van der Waals surface area contributed by atoms with E-state index in [9.17, 15) is 10.1 Å². The molecule has 1 aromatic carbocycles. The summed E-state index contributed by atoms with van der Waals surface area (Å²) >= 11 is 0. The van der Waals surface area contributed by atoms with Gasteiger partial charge in [0.2, 0.25) is 0 Å². The Morgan fingerprint density at radius 3 is 2.33 bits per heavy atom. The van der Waals surface area contributed by atoms with E-state index in [1.807, 2.05) is 30.3 Å². The molecule has 0 amide bonds. The Bertz CT molecular complexity index is 466. The summed E-state index contributed by atoms with van der Waals surface area (Å²) in [6, 6.07) is 12.6. The van der Waals surface area contributed by atoms with Gasteiger partial charge in [0.05, 0.1) is 10.6 Å². The molecule has 2 aromatic rings. The predicted octanol–water partition coefficient (Wildman–Crippen LogP) is 2.66. The van der Waals surface area contributed by atoms with Gasteiger partial charge in [-0.2, -0.15) is 0 Å². The van der Waals surface area contributed by atoms with E-state index in [-0.39, 0.29) is 5.69 Å². The zero-order valence-corrected chi connectivity index (χ0v) is 7.83. The minimum atomic E-state index is -0.457. The molecular weight excluding hydrogens is 192 g/mol. The third-order valence-corrected chi connectivity index (χ3v) is 2.03. The lowest BCUT2D eigenvalue weighted by atomic mass is 10.1. The molecule has 74 valence electrons. The van der Waals surface area contributed by atoms with Gasteiger partial charge in [-0.05, 0) is 6.07 Å². The quantitative estimate of drug-likeness (QED) is 0.553. The topological polar surface area (TPSA) is 56.0 Å². The van der Waals surface area contributed by atoms with Crippen molar-refractivity contribution in [3.05, 3.63) is 58.8 Å². The fourth-order valence-electron chi connectivity index (χ4n) is 1.27. The molecule has 4 nitrogen and oxygen atoms in total. The Labute approximate surface area is 86.4 Å². The van der Waals surface area contributed by atoms with Crippen molar-refractivity contribution in [2.24, 2.45) is 0 Å². The van der Waals surface area contributed by atoms with Gasteiger partial charge in [-0.1, -0.05) is 30.3 Å². The molecule has 0 spiro atoms. The highest BCUT2D eigenvalue weighted by atomic mass is 16.6. The number of aromatic nitrogens is 1. The van der Waals surface area contributed by atoms with Crippen molar-refractivity contribution in [3.63, 3.8) is 0 Å². The number of pyridine rings is 1. The number of rotatable bonds is 2. The summed E-state index contributed by atoms with van der Waals surface area (Å²) in [6.07, 6.45) is 1.27. The largest absolute Gasteiger partial charge is 0.287 e. The van der Waals surface area contributed by atoms with Crippen LogP contribution in [0.25, 0.3) is 11.3 Å². The van der Waals surface area contributed by atoms with Crippen molar-refractivity contribution in [2.45, 2.75) is 0 Å². The van der Waals surface area contributed by atoms with Crippen molar-refractivity contribution < 1.29 is 4.92 Å². The highest BCUT2D eigenvalue weighted by molar-refractivity contribution is 5.59. The molecule has 0 radical (unpaired) electrons. The van der Waals surface area contributed by atoms with E-state index in [2.05, 4.69) is 4.98 Å². The molecule has 0 unspecified atom stereocenters. The maximum Gasteiger partial charge on any atom is 0.287 e. The lowest BCUT2D eigenvalue weighted by Gasteiger charge is -1.98. The maximum atomic E-state index is 10.4. The normalized spacial score (nSPS) is 9.87. The van der Waals surface area contributed by atoms with E-state index in [1.54, 1.807) is 6.07 Å². The standard InChI is InChI=1S/C11H8N2O2/c14-13(15)10-6-7-11(12-8-10)9-4-2-1-3-5-9/h1-8H. The maximum absolute atomic E-state index is 10.4. The third-order valence-electron chi connectivity index (χ3n) is 2.03. The van der Waals surface area contributed by atoms with Crippen LogP contribution >= 0.6 is 0 Å². The van der Waals surface area contributed by atoms with E-state index < -0.39 is 4.92 Å². The summed E-state index contributed by atoms with van der Waals surface area (Å²) in [7, 11) is 0. The summed E-state index contributed by atoms with van der Waals surface area (Å²) in [5.41, 5.74) is 1.70. The lowest BCUT2D eigenvalue weighted by Crippen LogP contribution is -1.89. The molecule has 15 heavy (non-hydrogen) atoms. The fraction of sp³-hybridized carbons (Fsp3) is 0. The van der Waals surface area contributed by atoms with Crippen LogP contribution in [0.15, 0.2) is 48.7 Å². The zero-order chi connectivity index (χ0) is 10.7. The second-order valence-corrected chi connectivity index (χ2v) is 3.02. The van der Waals surface area contributed by atoms with Gasteiger partial charge in [0.25, 0.3) is 5.69 Å². The number of hydrogen-bond acceptors (Lipinski definition) is 3. The Morgan fingerprint density at radius 2 is 1.80 bits per heavy atom. The fourth-order valence-corrected chi connectivity index (χ4v) is 1.27. The van der Waals surface area contributed by atoms with Crippen LogP contribution in [-0.4, -0.2) is 9.91 Å². The molecule has 0 saturated carbocycles. The van der Waals surface area contributed by atoms with Crippen LogP contribution in [0.3, 0.4) is 0 Å². The molecule has 0 N–H and O–H groups in total. The van der Waals surface area contributed by atoms with Crippen molar-refractivity contribution in [2.75, 3.05) is 0 Å². The van der Waals surface area contributed by atoms with E-state index in [4.69, 9.17) is 0 Å².